The van der Waals surface area contributed by atoms with Crippen molar-refractivity contribution in [3.05, 3.63) is 0 Å². The molecule has 1 atom stereocenters. The highest BCUT2D eigenvalue weighted by molar-refractivity contribution is 8.00. The Hall–Kier alpha value is -0.430. The molecule has 0 amide bonds. The van der Waals surface area contributed by atoms with Crippen LogP contribution in [0.2, 0.25) is 0 Å². The number of halogens is 3. The molecule has 0 aliphatic carbocycles. The van der Waals surface area contributed by atoms with Crippen LogP contribution in [0.3, 0.4) is 0 Å². The van der Waals surface area contributed by atoms with E-state index < -0.39 is 16.9 Å². The second-order valence-corrected chi connectivity index (χ2v) is 5.70. The number of carboxylic acid groups (broad SMARTS) is 1. The van der Waals surface area contributed by atoms with E-state index in [0.29, 0.717) is 19.5 Å². The van der Waals surface area contributed by atoms with E-state index >= 15 is 0 Å². The lowest BCUT2D eigenvalue weighted by Gasteiger charge is -2.37. The minimum atomic E-state index is -4.20. The summed E-state index contributed by atoms with van der Waals surface area (Å²) in [5, 5.41) is 9.06. The highest BCUT2D eigenvalue weighted by Gasteiger charge is 2.38. The van der Waals surface area contributed by atoms with Crippen molar-refractivity contribution in [1.29, 1.82) is 0 Å². The van der Waals surface area contributed by atoms with E-state index in [1.807, 2.05) is 0 Å². The van der Waals surface area contributed by atoms with Gasteiger partial charge in [-0.3, -0.25) is 4.79 Å². The van der Waals surface area contributed by atoms with Gasteiger partial charge in [0.05, 0.1) is 5.41 Å². The zero-order valence-corrected chi connectivity index (χ0v) is 10.4. The van der Waals surface area contributed by atoms with E-state index in [0.717, 1.165) is 6.42 Å². The molecule has 3 nitrogen and oxygen atoms in total. The Kier molecular flexibility index (Phi) is 4.71. The van der Waals surface area contributed by atoms with Crippen LogP contribution in [-0.4, -0.2) is 46.9 Å². The minimum absolute atomic E-state index is 0.0425. The maximum atomic E-state index is 11.9. The summed E-state index contributed by atoms with van der Waals surface area (Å²) in [4.78, 5) is 12.8. The molecule has 0 aromatic heterocycles. The van der Waals surface area contributed by atoms with Gasteiger partial charge in [0.25, 0.3) is 0 Å². The maximum Gasteiger partial charge on any atom is 0.441 e. The van der Waals surface area contributed by atoms with Crippen molar-refractivity contribution in [2.75, 3.05) is 25.4 Å². The third kappa shape index (κ3) is 4.75. The quantitative estimate of drug-likeness (QED) is 0.852. The lowest BCUT2D eigenvalue weighted by atomic mass is 9.82. The number of alkyl halides is 3. The molecule has 1 fully saturated rings. The van der Waals surface area contributed by atoms with Crippen molar-refractivity contribution in [3.63, 3.8) is 0 Å². The van der Waals surface area contributed by atoms with Crippen LogP contribution in [0.15, 0.2) is 0 Å². The zero-order valence-electron chi connectivity index (χ0n) is 9.59. The fourth-order valence-corrected chi connectivity index (χ4v) is 2.58. The Labute approximate surface area is 102 Å². The highest BCUT2D eigenvalue weighted by Crippen LogP contribution is 2.32. The predicted octanol–water partition coefficient (Wildman–Crippen LogP) is 2.43. The molecule has 7 heteroatoms. The summed E-state index contributed by atoms with van der Waals surface area (Å²) < 4.78 is 35.8. The number of rotatable bonds is 4. The van der Waals surface area contributed by atoms with Gasteiger partial charge in [-0.05, 0) is 38.1 Å². The molecule has 0 radical (unpaired) electrons. The number of carboxylic acids is 1. The normalized spacial score (nSPS) is 27.1. The van der Waals surface area contributed by atoms with E-state index in [1.54, 1.807) is 11.8 Å². The second kappa shape index (κ2) is 5.48. The molecule has 1 aliphatic heterocycles. The second-order valence-electron chi connectivity index (χ2n) is 4.54. The van der Waals surface area contributed by atoms with E-state index in [2.05, 4.69) is 0 Å². The van der Waals surface area contributed by atoms with Crippen molar-refractivity contribution in [1.82, 2.24) is 4.90 Å². The molecular formula is C10H16F3NO2S. The lowest BCUT2D eigenvalue weighted by molar-refractivity contribution is -0.151. The van der Waals surface area contributed by atoms with Crippen LogP contribution in [0.25, 0.3) is 0 Å². The van der Waals surface area contributed by atoms with Gasteiger partial charge in [0.2, 0.25) is 0 Å². The van der Waals surface area contributed by atoms with Crippen LogP contribution in [0, 0.1) is 5.41 Å². The summed E-state index contributed by atoms with van der Waals surface area (Å²) in [5.41, 5.74) is -5.02. The van der Waals surface area contributed by atoms with Crippen LogP contribution in [0.4, 0.5) is 13.2 Å². The number of hydrogen-bond donors (Lipinski definition) is 1. The largest absolute Gasteiger partial charge is 0.481 e. The van der Waals surface area contributed by atoms with E-state index in [9.17, 15) is 18.0 Å². The molecule has 1 N–H and O–H groups in total. The molecule has 1 rings (SSSR count). The minimum Gasteiger partial charge on any atom is -0.481 e. The SMILES string of the molecule is CC1(C(=O)O)CCCN(CCSC(F)(F)F)C1. The first kappa shape index (κ1) is 14.6. The van der Waals surface area contributed by atoms with E-state index in [4.69, 9.17) is 5.11 Å². The molecule has 1 heterocycles. The van der Waals surface area contributed by atoms with Crippen molar-refractivity contribution in [2.45, 2.75) is 25.3 Å². The van der Waals surface area contributed by atoms with Crippen molar-refractivity contribution >= 4 is 17.7 Å². The van der Waals surface area contributed by atoms with Gasteiger partial charge in [-0.25, -0.2) is 0 Å². The Morgan fingerprint density at radius 1 is 1.53 bits per heavy atom. The monoisotopic (exact) mass is 271 g/mol. The molecular weight excluding hydrogens is 255 g/mol. The Balaban J connectivity index is 2.38. The summed E-state index contributed by atoms with van der Waals surface area (Å²) in [5.74, 6) is -0.912. The number of aliphatic carboxylic acids is 1. The average Bonchev–Trinajstić information content (AvgIpc) is 2.15. The smallest absolute Gasteiger partial charge is 0.441 e. The van der Waals surface area contributed by atoms with Crippen molar-refractivity contribution in [3.8, 4) is 0 Å². The summed E-state index contributed by atoms with van der Waals surface area (Å²) >= 11 is -0.0533. The van der Waals surface area contributed by atoms with Gasteiger partial charge in [-0.2, -0.15) is 13.2 Å². The van der Waals surface area contributed by atoms with Crippen LogP contribution in [-0.2, 0) is 4.79 Å². The number of thioether (sulfide) groups is 1. The fraction of sp³-hybridized carbons (Fsp3) is 0.900. The highest BCUT2D eigenvalue weighted by atomic mass is 32.2. The Morgan fingerprint density at radius 2 is 2.18 bits per heavy atom. The van der Waals surface area contributed by atoms with Gasteiger partial charge in [0.1, 0.15) is 0 Å². The maximum absolute atomic E-state index is 11.9. The Bertz CT molecular complexity index is 285. The zero-order chi connectivity index (χ0) is 13.1. The van der Waals surface area contributed by atoms with Gasteiger partial charge in [-0.15, -0.1) is 0 Å². The van der Waals surface area contributed by atoms with Crippen LogP contribution in [0.5, 0.6) is 0 Å². The molecule has 0 aromatic carbocycles. The topological polar surface area (TPSA) is 40.5 Å². The third-order valence-corrected chi connectivity index (χ3v) is 3.68. The number of piperidine rings is 1. The number of nitrogens with zero attached hydrogens (tertiary/aromatic N) is 1. The van der Waals surface area contributed by atoms with Crippen LogP contribution < -0.4 is 0 Å². The fourth-order valence-electron chi connectivity index (χ4n) is 2.00. The van der Waals surface area contributed by atoms with E-state index in [-0.39, 0.29) is 24.1 Å². The molecule has 17 heavy (non-hydrogen) atoms. The number of likely N-dealkylation sites (tertiary alicyclic amines) is 1. The molecule has 100 valence electrons. The predicted molar refractivity (Wildman–Crippen MR) is 59.9 cm³/mol. The number of hydrogen-bond acceptors (Lipinski definition) is 3. The first-order chi connectivity index (χ1) is 7.73. The van der Waals surface area contributed by atoms with Crippen molar-refractivity contribution in [2.24, 2.45) is 5.41 Å². The van der Waals surface area contributed by atoms with Crippen molar-refractivity contribution < 1.29 is 23.1 Å². The van der Waals surface area contributed by atoms with Gasteiger partial charge >= 0.3 is 11.5 Å². The summed E-state index contributed by atoms with van der Waals surface area (Å²) in [6, 6.07) is 0. The summed E-state index contributed by atoms with van der Waals surface area (Å²) in [6.45, 7) is 2.95. The van der Waals surface area contributed by atoms with Gasteiger partial charge in [-0.1, -0.05) is 0 Å². The molecule has 1 aliphatic rings. The molecule has 0 spiro atoms. The molecule has 0 aromatic rings. The molecule has 1 unspecified atom stereocenters. The van der Waals surface area contributed by atoms with Gasteiger partial charge in [0.15, 0.2) is 0 Å². The molecule has 0 bridgehead atoms. The Morgan fingerprint density at radius 3 is 2.71 bits per heavy atom. The third-order valence-electron chi connectivity index (χ3n) is 2.97. The first-order valence-corrected chi connectivity index (χ1v) is 6.38. The van der Waals surface area contributed by atoms with Gasteiger partial charge in [0, 0.05) is 18.8 Å². The molecule has 1 saturated heterocycles. The molecule has 0 saturated carbocycles. The van der Waals surface area contributed by atoms with Gasteiger partial charge < -0.3 is 10.0 Å². The first-order valence-electron chi connectivity index (χ1n) is 5.39. The average molecular weight is 271 g/mol. The van der Waals surface area contributed by atoms with E-state index in [1.165, 1.54) is 0 Å². The van der Waals surface area contributed by atoms with Crippen LogP contribution >= 0.6 is 11.8 Å². The summed E-state index contributed by atoms with van der Waals surface area (Å²) in [6.07, 6.45) is 1.31. The summed E-state index contributed by atoms with van der Waals surface area (Å²) in [7, 11) is 0. The standard InChI is InChI=1S/C10H16F3NO2S/c1-9(8(15)16)3-2-4-14(7-9)5-6-17-10(11,12)13/h2-7H2,1H3,(H,15,16). The lowest BCUT2D eigenvalue weighted by Crippen LogP contribution is -2.46. The number of carbonyl (C=O) groups is 1. The van der Waals surface area contributed by atoms with Crippen LogP contribution in [0.1, 0.15) is 19.8 Å².